The highest BCUT2D eigenvalue weighted by Gasteiger charge is 2.14. The molecule has 0 saturated carbocycles. The molecule has 6 heteroatoms. The van der Waals surface area contributed by atoms with Gasteiger partial charge in [0.2, 0.25) is 5.91 Å². The summed E-state index contributed by atoms with van der Waals surface area (Å²) in [4.78, 5) is 25.6. The minimum absolute atomic E-state index is 0.0288. The van der Waals surface area contributed by atoms with Crippen molar-refractivity contribution in [3.05, 3.63) is 27.1 Å². The summed E-state index contributed by atoms with van der Waals surface area (Å²) < 4.78 is 0.747. The maximum absolute atomic E-state index is 11.6. The first-order valence-corrected chi connectivity index (χ1v) is 6.88. The Morgan fingerprint density at radius 3 is 2.76 bits per heavy atom. The van der Waals surface area contributed by atoms with E-state index in [1.54, 1.807) is 6.07 Å². The molecule has 1 aromatic rings. The lowest BCUT2D eigenvalue weighted by atomic mass is 10.3. The molecule has 1 rings (SSSR count). The van der Waals surface area contributed by atoms with Gasteiger partial charge in [0.25, 0.3) is 5.56 Å². The van der Waals surface area contributed by atoms with Gasteiger partial charge in [-0.15, -0.1) is 11.8 Å². The van der Waals surface area contributed by atoms with E-state index in [4.69, 9.17) is 0 Å². The number of anilines is 1. The second-order valence-electron chi connectivity index (χ2n) is 4.51. The highest BCUT2D eigenvalue weighted by atomic mass is 79.9. The van der Waals surface area contributed by atoms with Crippen LogP contribution in [0.2, 0.25) is 0 Å². The summed E-state index contributed by atoms with van der Waals surface area (Å²) in [6, 6.07) is 1.58. The van der Waals surface area contributed by atoms with E-state index in [1.807, 2.05) is 20.8 Å². The molecule has 94 valence electrons. The van der Waals surface area contributed by atoms with Crippen LogP contribution < -0.4 is 10.9 Å². The van der Waals surface area contributed by atoms with Crippen molar-refractivity contribution in [2.45, 2.75) is 25.5 Å². The SMILES string of the molecule is CC(C)(C)SCC(=O)Nc1cc(Br)c[nH]c1=O. The van der Waals surface area contributed by atoms with E-state index in [0.717, 1.165) is 4.47 Å². The van der Waals surface area contributed by atoms with E-state index in [-0.39, 0.29) is 21.9 Å². The van der Waals surface area contributed by atoms with Gasteiger partial charge < -0.3 is 10.3 Å². The van der Waals surface area contributed by atoms with Gasteiger partial charge in [0.05, 0.1) is 5.75 Å². The molecule has 0 unspecified atom stereocenters. The average molecular weight is 319 g/mol. The van der Waals surface area contributed by atoms with Gasteiger partial charge in [0, 0.05) is 15.4 Å². The number of carbonyl (C=O) groups is 1. The van der Waals surface area contributed by atoms with Crippen molar-refractivity contribution in [1.82, 2.24) is 4.98 Å². The zero-order valence-electron chi connectivity index (χ0n) is 9.96. The standard InChI is InChI=1S/C11H15BrN2O2S/c1-11(2,3)17-6-9(15)14-8-4-7(12)5-13-10(8)16/h4-5H,6H2,1-3H3,(H,13,16)(H,14,15). The Morgan fingerprint density at radius 2 is 2.18 bits per heavy atom. The molecule has 0 aliphatic carbocycles. The molecule has 0 radical (unpaired) electrons. The third-order valence-corrected chi connectivity index (χ3v) is 3.51. The molecular formula is C11H15BrN2O2S. The van der Waals surface area contributed by atoms with Crippen LogP contribution in [0.1, 0.15) is 20.8 Å². The Hall–Kier alpha value is -0.750. The fourth-order valence-electron chi connectivity index (χ4n) is 1.02. The predicted octanol–water partition coefficient (Wildman–Crippen LogP) is 2.61. The van der Waals surface area contributed by atoms with E-state index in [0.29, 0.717) is 5.75 Å². The van der Waals surface area contributed by atoms with Gasteiger partial charge in [-0.05, 0) is 22.0 Å². The maximum atomic E-state index is 11.6. The van der Waals surface area contributed by atoms with Crippen molar-refractivity contribution in [1.29, 1.82) is 0 Å². The lowest BCUT2D eigenvalue weighted by Gasteiger charge is -2.16. The van der Waals surface area contributed by atoms with Gasteiger partial charge in [-0.1, -0.05) is 20.8 Å². The smallest absolute Gasteiger partial charge is 0.271 e. The summed E-state index contributed by atoms with van der Waals surface area (Å²) in [6.07, 6.45) is 1.53. The van der Waals surface area contributed by atoms with Crippen LogP contribution in [0.15, 0.2) is 21.5 Å². The Balaban J connectivity index is 2.62. The molecule has 1 amide bonds. The normalized spacial score (nSPS) is 11.3. The third-order valence-electron chi connectivity index (χ3n) is 1.78. The highest BCUT2D eigenvalue weighted by molar-refractivity contribution is 9.10. The van der Waals surface area contributed by atoms with Gasteiger partial charge in [0.15, 0.2) is 0 Å². The number of nitrogens with one attached hydrogen (secondary N) is 2. The topological polar surface area (TPSA) is 62.0 Å². The molecule has 1 aromatic heterocycles. The van der Waals surface area contributed by atoms with Crippen LogP contribution in [0.25, 0.3) is 0 Å². The molecule has 2 N–H and O–H groups in total. The lowest BCUT2D eigenvalue weighted by molar-refractivity contribution is -0.113. The number of pyridine rings is 1. The van der Waals surface area contributed by atoms with Gasteiger partial charge >= 0.3 is 0 Å². The number of thioether (sulfide) groups is 1. The predicted molar refractivity (Wildman–Crippen MR) is 75.6 cm³/mol. The summed E-state index contributed by atoms with van der Waals surface area (Å²) in [5.41, 5.74) is -0.0406. The van der Waals surface area contributed by atoms with E-state index < -0.39 is 0 Å². The number of amides is 1. The molecule has 17 heavy (non-hydrogen) atoms. The van der Waals surface area contributed by atoms with Crippen molar-refractivity contribution >= 4 is 39.3 Å². The Morgan fingerprint density at radius 1 is 1.53 bits per heavy atom. The van der Waals surface area contributed by atoms with Crippen LogP contribution in [-0.4, -0.2) is 21.4 Å². The van der Waals surface area contributed by atoms with E-state index in [2.05, 4.69) is 26.2 Å². The van der Waals surface area contributed by atoms with Crippen LogP contribution in [0.5, 0.6) is 0 Å². The first-order chi connectivity index (χ1) is 7.78. The molecule has 0 atom stereocenters. The first kappa shape index (κ1) is 14.3. The van der Waals surface area contributed by atoms with E-state index >= 15 is 0 Å². The summed E-state index contributed by atoms with van der Waals surface area (Å²) >= 11 is 4.77. The van der Waals surface area contributed by atoms with Gasteiger partial charge in [0.1, 0.15) is 5.69 Å². The highest BCUT2D eigenvalue weighted by Crippen LogP contribution is 2.22. The van der Waals surface area contributed by atoms with Crippen molar-refractivity contribution in [2.75, 3.05) is 11.1 Å². The Labute approximate surface area is 113 Å². The zero-order valence-corrected chi connectivity index (χ0v) is 12.4. The summed E-state index contributed by atoms with van der Waals surface area (Å²) in [5, 5.41) is 2.59. The fourth-order valence-corrected chi connectivity index (χ4v) is 2.00. The Kier molecular flexibility index (Phi) is 4.82. The second kappa shape index (κ2) is 5.73. The number of halogens is 1. The number of hydrogen-bond acceptors (Lipinski definition) is 3. The molecule has 0 fully saturated rings. The van der Waals surface area contributed by atoms with Crippen LogP contribution >= 0.6 is 27.7 Å². The molecule has 0 bridgehead atoms. The molecule has 0 aliphatic heterocycles. The number of H-pyrrole nitrogens is 1. The van der Waals surface area contributed by atoms with Crippen molar-refractivity contribution < 1.29 is 4.79 Å². The molecular weight excluding hydrogens is 304 g/mol. The van der Waals surface area contributed by atoms with Crippen LogP contribution in [0.3, 0.4) is 0 Å². The number of aromatic nitrogens is 1. The lowest BCUT2D eigenvalue weighted by Crippen LogP contribution is -2.23. The van der Waals surface area contributed by atoms with E-state index in [1.165, 1.54) is 18.0 Å². The van der Waals surface area contributed by atoms with Gasteiger partial charge in [-0.3, -0.25) is 9.59 Å². The number of rotatable bonds is 3. The molecule has 0 aliphatic rings. The molecule has 0 saturated heterocycles. The molecule has 0 spiro atoms. The second-order valence-corrected chi connectivity index (χ2v) is 7.23. The quantitative estimate of drug-likeness (QED) is 0.900. The van der Waals surface area contributed by atoms with Crippen LogP contribution in [0.4, 0.5) is 5.69 Å². The summed E-state index contributed by atoms with van der Waals surface area (Å²) in [7, 11) is 0. The average Bonchev–Trinajstić information content (AvgIpc) is 2.20. The molecule has 4 nitrogen and oxygen atoms in total. The van der Waals surface area contributed by atoms with Crippen molar-refractivity contribution in [3.8, 4) is 0 Å². The zero-order chi connectivity index (χ0) is 13.1. The number of carbonyl (C=O) groups excluding carboxylic acids is 1. The maximum Gasteiger partial charge on any atom is 0.271 e. The van der Waals surface area contributed by atoms with Crippen molar-refractivity contribution in [3.63, 3.8) is 0 Å². The van der Waals surface area contributed by atoms with E-state index in [9.17, 15) is 9.59 Å². The Bertz CT molecular complexity index is 465. The number of hydrogen-bond donors (Lipinski definition) is 2. The monoisotopic (exact) mass is 318 g/mol. The van der Waals surface area contributed by atoms with Gasteiger partial charge in [-0.25, -0.2) is 0 Å². The summed E-state index contributed by atoms with van der Waals surface area (Å²) in [5.74, 6) is 0.156. The van der Waals surface area contributed by atoms with Crippen molar-refractivity contribution in [2.24, 2.45) is 0 Å². The van der Waals surface area contributed by atoms with Crippen LogP contribution in [-0.2, 0) is 4.79 Å². The van der Waals surface area contributed by atoms with Gasteiger partial charge in [-0.2, -0.15) is 0 Å². The molecule has 0 aromatic carbocycles. The largest absolute Gasteiger partial charge is 0.326 e. The summed E-state index contributed by atoms with van der Waals surface area (Å²) in [6.45, 7) is 6.12. The minimum atomic E-state index is -0.303. The number of aromatic amines is 1. The first-order valence-electron chi connectivity index (χ1n) is 5.10. The minimum Gasteiger partial charge on any atom is -0.326 e. The molecule has 1 heterocycles. The fraction of sp³-hybridized carbons (Fsp3) is 0.455. The third kappa shape index (κ3) is 5.41. The van der Waals surface area contributed by atoms with Crippen LogP contribution in [0, 0.1) is 0 Å².